The highest BCUT2D eigenvalue weighted by atomic mass is 16.3. The molecule has 0 bridgehead atoms. The van der Waals surface area contributed by atoms with Crippen LogP contribution >= 0.6 is 0 Å². The van der Waals surface area contributed by atoms with Gasteiger partial charge in [0.2, 0.25) is 5.71 Å². The number of benzene rings is 1. The number of aromatic nitrogens is 2. The van der Waals surface area contributed by atoms with Crippen molar-refractivity contribution in [1.82, 2.24) is 9.97 Å². The molecular weight excluding hydrogens is 248 g/mol. The highest BCUT2D eigenvalue weighted by Crippen LogP contribution is 2.32. The molecule has 3 heterocycles. The van der Waals surface area contributed by atoms with Gasteiger partial charge in [-0.3, -0.25) is 4.98 Å². The van der Waals surface area contributed by atoms with Crippen LogP contribution in [-0.2, 0) is 0 Å². The van der Waals surface area contributed by atoms with E-state index in [-0.39, 0.29) is 0 Å². The summed E-state index contributed by atoms with van der Waals surface area (Å²) >= 11 is 0. The molecule has 4 rings (SSSR count). The fraction of sp³-hybridized carbons (Fsp3) is 0.0588. The Morgan fingerprint density at radius 3 is 2.65 bits per heavy atom. The highest BCUT2D eigenvalue weighted by molar-refractivity contribution is 6.05. The molecule has 96 valence electrons. The van der Waals surface area contributed by atoms with Crippen LogP contribution < -0.4 is 0 Å². The minimum Gasteiger partial charge on any atom is -0.438 e. The molecule has 0 radical (unpaired) electrons. The van der Waals surface area contributed by atoms with Gasteiger partial charge in [-0.15, -0.1) is 0 Å². The number of hydrogen-bond donors (Lipinski definition) is 0. The second kappa shape index (κ2) is 4.17. The lowest BCUT2D eigenvalue weighted by molar-refractivity contribution is 0.654. The van der Waals surface area contributed by atoms with E-state index >= 15 is 0 Å². The first-order chi connectivity index (χ1) is 9.83. The third-order valence-corrected chi connectivity index (χ3v) is 3.54. The Labute approximate surface area is 115 Å². The Kier molecular flexibility index (Phi) is 2.33. The monoisotopic (exact) mass is 260 g/mol. The average Bonchev–Trinajstić information content (AvgIpc) is 2.84. The van der Waals surface area contributed by atoms with E-state index in [0.29, 0.717) is 5.71 Å². The zero-order chi connectivity index (χ0) is 13.5. The molecule has 3 aromatic heterocycles. The Morgan fingerprint density at radius 1 is 0.900 bits per heavy atom. The molecule has 0 unspecified atom stereocenters. The third kappa shape index (κ3) is 1.60. The predicted molar refractivity (Wildman–Crippen MR) is 79.5 cm³/mol. The van der Waals surface area contributed by atoms with E-state index < -0.39 is 0 Å². The van der Waals surface area contributed by atoms with Crippen molar-refractivity contribution >= 4 is 22.1 Å². The number of hydrogen-bond acceptors (Lipinski definition) is 3. The standard InChI is InChI=1S/C17H12N2O/c1-11-9-16-14(12-5-4-8-19-17(12)20-16)10-13(11)15-6-2-3-7-18-15/h2-10H,1H3. The number of aryl methyl sites for hydroxylation is 1. The first kappa shape index (κ1) is 11.2. The highest BCUT2D eigenvalue weighted by Gasteiger charge is 2.11. The molecule has 3 nitrogen and oxygen atoms in total. The van der Waals surface area contributed by atoms with Gasteiger partial charge in [0.1, 0.15) is 5.58 Å². The minimum absolute atomic E-state index is 0.681. The number of nitrogens with zero attached hydrogens (tertiary/aromatic N) is 2. The maximum absolute atomic E-state index is 5.79. The van der Waals surface area contributed by atoms with Crippen LogP contribution in [0.5, 0.6) is 0 Å². The van der Waals surface area contributed by atoms with Gasteiger partial charge in [-0.1, -0.05) is 6.07 Å². The molecule has 0 spiro atoms. The van der Waals surface area contributed by atoms with E-state index in [9.17, 15) is 0 Å². The van der Waals surface area contributed by atoms with Crippen molar-refractivity contribution in [1.29, 1.82) is 0 Å². The quantitative estimate of drug-likeness (QED) is 0.510. The van der Waals surface area contributed by atoms with E-state index in [1.165, 1.54) is 0 Å². The maximum atomic E-state index is 5.79. The second-order valence-electron chi connectivity index (χ2n) is 4.84. The van der Waals surface area contributed by atoms with Crippen molar-refractivity contribution in [2.24, 2.45) is 0 Å². The zero-order valence-electron chi connectivity index (χ0n) is 11.0. The van der Waals surface area contributed by atoms with Crippen LogP contribution in [-0.4, -0.2) is 9.97 Å². The van der Waals surface area contributed by atoms with Crippen molar-refractivity contribution in [3.63, 3.8) is 0 Å². The van der Waals surface area contributed by atoms with Gasteiger partial charge in [-0.2, -0.15) is 0 Å². The lowest BCUT2D eigenvalue weighted by Gasteiger charge is -2.04. The number of furan rings is 1. The van der Waals surface area contributed by atoms with Gasteiger partial charge in [0.25, 0.3) is 0 Å². The van der Waals surface area contributed by atoms with Gasteiger partial charge in [0.05, 0.1) is 5.69 Å². The van der Waals surface area contributed by atoms with Gasteiger partial charge in [0.15, 0.2) is 0 Å². The fourth-order valence-corrected chi connectivity index (χ4v) is 2.56. The van der Waals surface area contributed by atoms with Crippen molar-refractivity contribution in [3.05, 3.63) is 60.4 Å². The first-order valence-electron chi connectivity index (χ1n) is 6.52. The van der Waals surface area contributed by atoms with Gasteiger partial charge in [-0.05, 0) is 48.9 Å². The summed E-state index contributed by atoms with van der Waals surface area (Å²) in [6, 6.07) is 14.1. The summed E-state index contributed by atoms with van der Waals surface area (Å²) in [7, 11) is 0. The van der Waals surface area contributed by atoms with Crippen molar-refractivity contribution < 1.29 is 4.42 Å². The Bertz CT molecular complexity index is 910. The normalized spacial score (nSPS) is 11.2. The van der Waals surface area contributed by atoms with Crippen molar-refractivity contribution in [2.75, 3.05) is 0 Å². The Balaban J connectivity index is 2.08. The molecule has 1 aromatic carbocycles. The molecule has 0 fully saturated rings. The molecule has 0 aliphatic rings. The fourth-order valence-electron chi connectivity index (χ4n) is 2.56. The van der Waals surface area contributed by atoms with Crippen LogP contribution in [0.2, 0.25) is 0 Å². The molecule has 0 aliphatic heterocycles. The smallest absolute Gasteiger partial charge is 0.227 e. The number of fused-ring (bicyclic) bond motifs is 3. The van der Waals surface area contributed by atoms with Crippen molar-refractivity contribution in [3.8, 4) is 11.3 Å². The molecule has 0 amide bonds. The van der Waals surface area contributed by atoms with Crippen LogP contribution in [0.1, 0.15) is 5.56 Å². The minimum atomic E-state index is 0.681. The summed E-state index contributed by atoms with van der Waals surface area (Å²) < 4.78 is 5.79. The van der Waals surface area contributed by atoms with Gasteiger partial charge >= 0.3 is 0 Å². The Morgan fingerprint density at radius 2 is 1.80 bits per heavy atom. The first-order valence-corrected chi connectivity index (χ1v) is 6.52. The number of rotatable bonds is 1. The van der Waals surface area contributed by atoms with Gasteiger partial charge < -0.3 is 4.42 Å². The van der Waals surface area contributed by atoms with Crippen molar-refractivity contribution in [2.45, 2.75) is 6.92 Å². The van der Waals surface area contributed by atoms with Gasteiger partial charge in [-0.25, -0.2) is 4.98 Å². The summed E-state index contributed by atoms with van der Waals surface area (Å²) in [6.45, 7) is 2.07. The molecule has 0 saturated heterocycles. The van der Waals surface area contributed by atoms with Crippen LogP contribution in [0, 0.1) is 6.92 Å². The summed E-state index contributed by atoms with van der Waals surface area (Å²) in [4.78, 5) is 8.70. The summed E-state index contributed by atoms with van der Waals surface area (Å²) in [5.74, 6) is 0. The molecule has 0 aliphatic carbocycles. The lowest BCUT2D eigenvalue weighted by atomic mass is 10.0. The average molecular weight is 260 g/mol. The molecule has 0 N–H and O–H groups in total. The number of pyridine rings is 2. The molecule has 4 aromatic rings. The third-order valence-electron chi connectivity index (χ3n) is 3.54. The van der Waals surface area contributed by atoms with E-state index in [2.05, 4.69) is 29.0 Å². The largest absolute Gasteiger partial charge is 0.438 e. The molecule has 0 saturated carbocycles. The summed E-state index contributed by atoms with van der Waals surface area (Å²) in [6.07, 6.45) is 3.56. The molecular formula is C17H12N2O. The lowest BCUT2D eigenvalue weighted by Crippen LogP contribution is -1.86. The molecule has 0 atom stereocenters. The maximum Gasteiger partial charge on any atom is 0.227 e. The second-order valence-corrected chi connectivity index (χ2v) is 4.84. The van der Waals surface area contributed by atoms with E-state index in [1.807, 2.05) is 36.5 Å². The summed E-state index contributed by atoms with van der Waals surface area (Å²) in [5.41, 5.74) is 4.81. The van der Waals surface area contributed by atoms with Gasteiger partial charge in [0, 0.05) is 28.7 Å². The van der Waals surface area contributed by atoms with E-state index in [1.54, 1.807) is 6.20 Å². The van der Waals surface area contributed by atoms with Crippen LogP contribution in [0.3, 0.4) is 0 Å². The molecule has 20 heavy (non-hydrogen) atoms. The zero-order valence-corrected chi connectivity index (χ0v) is 11.0. The predicted octanol–water partition coefficient (Wildman–Crippen LogP) is 4.35. The van der Waals surface area contributed by atoms with Crippen LogP contribution in [0.15, 0.2) is 59.3 Å². The summed E-state index contributed by atoms with van der Waals surface area (Å²) in [5, 5.41) is 2.12. The molecule has 3 heteroatoms. The van der Waals surface area contributed by atoms with Crippen LogP contribution in [0.4, 0.5) is 0 Å². The van der Waals surface area contributed by atoms with E-state index in [4.69, 9.17) is 4.42 Å². The Hall–Kier alpha value is -2.68. The SMILES string of the molecule is Cc1cc2oc3ncccc3c2cc1-c1ccccn1. The van der Waals surface area contributed by atoms with E-state index in [0.717, 1.165) is 33.2 Å². The topological polar surface area (TPSA) is 38.9 Å². The van der Waals surface area contributed by atoms with Crippen LogP contribution in [0.25, 0.3) is 33.3 Å².